The minimum Gasteiger partial charge on any atom is -0.324 e. The number of benzene rings is 1. The zero-order valence-electron chi connectivity index (χ0n) is 9.02. The van der Waals surface area contributed by atoms with E-state index in [2.05, 4.69) is 10.6 Å². The summed E-state index contributed by atoms with van der Waals surface area (Å²) >= 11 is 5.59. The molecule has 0 aliphatic heterocycles. The lowest BCUT2D eigenvalue weighted by molar-refractivity contribution is -0.116. The Balaban J connectivity index is 2.53. The van der Waals surface area contributed by atoms with Crippen molar-refractivity contribution in [3.05, 3.63) is 29.0 Å². The molecular formula is C11H14ClFN2O. The van der Waals surface area contributed by atoms with Crippen LogP contribution in [0.25, 0.3) is 0 Å². The van der Waals surface area contributed by atoms with E-state index in [4.69, 9.17) is 11.6 Å². The fraction of sp³-hybridized carbons (Fsp3) is 0.364. The zero-order chi connectivity index (χ0) is 12.0. The molecule has 3 nitrogen and oxygen atoms in total. The molecular weight excluding hydrogens is 231 g/mol. The van der Waals surface area contributed by atoms with Gasteiger partial charge < -0.3 is 10.6 Å². The third kappa shape index (κ3) is 3.79. The van der Waals surface area contributed by atoms with Crippen molar-refractivity contribution in [3.8, 4) is 0 Å². The second-order valence-corrected chi connectivity index (χ2v) is 3.66. The predicted molar refractivity (Wildman–Crippen MR) is 63.2 cm³/mol. The second-order valence-electron chi connectivity index (χ2n) is 3.25. The normalized spacial score (nSPS) is 10.2. The first-order chi connectivity index (χ1) is 7.65. The fourth-order valence-corrected chi connectivity index (χ4v) is 1.37. The van der Waals surface area contributed by atoms with Crippen LogP contribution in [0.5, 0.6) is 0 Å². The lowest BCUT2D eigenvalue weighted by Crippen LogP contribution is -2.21. The number of rotatable bonds is 5. The van der Waals surface area contributed by atoms with Gasteiger partial charge in [-0.1, -0.05) is 24.6 Å². The van der Waals surface area contributed by atoms with E-state index >= 15 is 0 Å². The van der Waals surface area contributed by atoms with Crippen LogP contribution in [-0.4, -0.2) is 19.0 Å². The Hall–Kier alpha value is -1.13. The van der Waals surface area contributed by atoms with Gasteiger partial charge in [-0.3, -0.25) is 4.79 Å². The first kappa shape index (κ1) is 12.9. The van der Waals surface area contributed by atoms with Crippen molar-refractivity contribution in [2.45, 2.75) is 13.3 Å². The smallest absolute Gasteiger partial charge is 0.225 e. The SMILES string of the molecule is CCNCCC(=O)Nc1cccc(Cl)c1F. The van der Waals surface area contributed by atoms with Gasteiger partial charge in [0.1, 0.15) is 0 Å². The van der Waals surface area contributed by atoms with Crippen molar-refractivity contribution in [1.29, 1.82) is 0 Å². The van der Waals surface area contributed by atoms with Crippen LogP contribution in [0.1, 0.15) is 13.3 Å². The van der Waals surface area contributed by atoms with E-state index < -0.39 is 5.82 Å². The van der Waals surface area contributed by atoms with Crippen molar-refractivity contribution in [1.82, 2.24) is 5.32 Å². The Labute approximate surface area is 99.0 Å². The molecule has 0 saturated carbocycles. The number of amides is 1. The van der Waals surface area contributed by atoms with E-state index in [-0.39, 0.29) is 16.6 Å². The van der Waals surface area contributed by atoms with Crippen LogP contribution >= 0.6 is 11.6 Å². The summed E-state index contributed by atoms with van der Waals surface area (Å²) in [6.07, 6.45) is 0.305. The number of nitrogens with one attached hydrogen (secondary N) is 2. The number of hydrogen-bond donors (Lipinski definition) is 2. The maximum atomic E-state index is 13.4. The highest BCUT2D eigenvalue weighted by Crippen LogP contribution is 2.21. The van der Waals surface area contributed by atoms with E-state index in [1.54, 1.807) is 6.07 Å². The molecule has 0 fully saturated rings. The first-order valence-corrected chi connectivity index (χ1v) is 5.47. The molecule has 0 aromatic heterocycles. The lowest BCUT2D eigenvalue weighted by atomic mass is 10.3. The molecule has 0 radical (unpaired) electrons. The van der Waals surface area contributed by atoms with Crippen LogP contribution in [0.4, 0.5) is 10.1 Å². The molecule has 2 N–H and O–H groups in total. The molecule has 0 atom stereocenters. The molecule has 1 amide bonds. The highest BCUT2D eigenvalue weighted by Gasteiger charge is 2.08. The molecule has 0 spiro atoms. The van der Waals surface area contributed by atoms with Gasteiger partial charge in [-0.2, -0.15) is 0 Å². The Morgan fingerprint density at radius 3 is 2.94 bits per heavy atom. The quantitative estimate of drug-likeness (QED) is 0.781. The monoisotopic (exact) mass is 244 g/mol. The largest absolute Gasteiger partial charge is 0.324 e. The summed E-state index contributed by atoms with van der Waals surface area (Å²) in [5, 5.41) is 5.49. The van der Waals surface area contributed by atoms with Crippen molar-refractivity contribution in [2.24, 2.45) is 0 Å². The molecule has 1 rings (SSSR count). The maximum Gasteiger partial charge on any atom is 0.225 e. The van der Waals surface area contributed by atoms with Gasteiger partial charge in [-0.25, -0.2) is 4.39 Å². The summed E-state index contributed by atoms with van der Waals surface area (Å²) in [7, 11) is 0. The first-order valence-electron chi connectivity index (χ1n) is 5.09. The maximum absolute atomic E-state index is 13.4. The lowest BCUT2D eigenvalue weighted by Gasteiger charge is -2.07. The highest BCUT2D eigenvalue weighted by atomic mass is 35.5. The zero-order valence-corrected chi connectivity index (χ0v) is 9.77. The van der Waals surface area contributed by atoms with Crippen molar-refractivity contribution in [3.63, 3.8) is 0 Å². The van der Waals surface area contributed by atoms with E-state index in [0.717, 1.165) is 6.54 Å². The fourth-order valence-electron chi connectivity index (χ4n) is 1.19. The number of carbonyl (C=O) groups excluding carboxylic acids is 1. The van der Waals surface area contributed by atoms with Crippen molar-refractivity contribution in [2.75, 3.05) is 18.4 Å². The van der Waals surface area contributed by atoms with Gasteiger partial charge in [0.25, 0.3) is 0 Å². The third-order valence-electron chi connectivity index (χ3n) is 2.00. The molecule has 0 heterocycles. The minimum atomic E-state index is -0.596. The predicted octanol–water partition coefficient (Wildman–Crippen LogP) is 2.42. The van der Waals surface area contributed by atoms with E-state index in [1.807, 2.05) is 6.92 Å². The van der Waals surface area contributed by atoms with Gasteiger partial charge in [0.15, 0.2) is 5.82 Å². The molecule has 1 aromatic carbocycles. The van der Waals surface area contributed by atoms with Gasteiger partial charge >= 0.3 is 0 Å². The summed E-state index contributed by atoms with van der Waals surface area (Å²) < 4.78 is 13.4. The molecule has 0 unspecified atom stereocenters. The van der Waals surface area contributed by atoms with Gasteiger partial charge in [-0.05, 0) is 18.7 Å². The Morgan fingerprint density at radius 2 is 2.25 bits per heavy atom. The number of halogens is 2. The summed E-state index contributed by atoms with van der Waals surface area (Å²) in [6, 6.07) is 4.50. The average molecular weight is 245 g/mol. The van der Waals surface area contributed by atoms with Gasteiger partial charge in [0.05, 0.1) is 10.7 Å². The Kier molecular flexibility index (Phi) is 5.22. The molecule has 0 bridgehead atoms. The van der Waals surface area contributed by atoms with E-state index in [9.17, 15) is 9.18 Å². The summed E-state index contributed by atoms with van der Waals surface area (Å²) in [4.78, 5) is 11.4. The highest BCUT2D eigenvalue weighted by molar-refractivity contribution is 6.31. The summed E-state index contributed by atoms with van der Waals surface area (Å²) in [5.74, 6) is -0.830. The molecule has 88 valence electrons. The van der Waals surface area contributed by atoms with Gasteiger partial charge in [0.2, 0.25) is 5.91 Å². The molecule has 16 heavy (non-hydrogen) atoms. The van der Waals surface area contributed by atoms with Crippen LogP contribution in [0, 0.1) is 5.82 Å². The Morgan fingerprint density at radius 1 is 1.50 bits per heavy atom. The molecule has 0 saturated heterocycles. The van der Waals surface area contributed by atoms with Crippen molar-refractivity contribution >= 4 is 23.2 Å². The van der Waals surface area contributed by atoms with Crippen LogP contribution in [0.3, 0.4) is 0 Å². The van der Waals surface area contributed by atoms with E-state index in [0.29, 0.717) is 13.0 Å². The molecule has 0 aliphatic rings. The molecule has 0 aliphatic carbocycles. The third-order valence-corrected chi connectivity index (χ3v) is 2.30. The number of carbonyl (C=O) groups is 1. The topological polar surface area (TPSA) is 41.1 Å². The van der Waals surface area contributed by atoms with Crippen LogP contribution in [0.2, 0.25) is 5.02 Å². The number of anilines is 1. The van der Waals surface area contributed by atoms with Crippen LogP contribution < -0.4 is 10.6 Å². The Bertz CT molecular complexity index is 371. The van der Waals surface area contributed by atoms with Crippen molar-refractivity contribution < 1.29 is 9.18 Å². The van der Waals surface area contributed by atoms with Gasteiger partial charge in [-0.15, -0.1) is 0 Å². The van der Waals surface area contributed by atoms with Crippen LogP contribution in [0.15, 0.2) is 18.2 Å². The van der Waals surface area contributed by atoms with E-state index in [1.165, 1.54) is 12.1 Å². The summed E-state index contributed by atoms with van der Waals surface area (Å²) in [6.45, 7) is 3.33. The minimum absolute atomic E-state index is 0.00415. The molecule has 1 aromatic rings. The number of hydrogen-bond acceptors (Lipinski definition) is 2. The standard InChI is InChI=1S/C11H14ClFN2O/c1-2-14-7-6-10(16)15-9-5-3-4-8(12)11(9)13/h3-5,14H,2,6-7H2,1H3,(H,15,16). The van der Waals surface area contributed by atoms with Crippen LogP contribution in [-0.2, 0) is 4.79 Å². The molecule has 5 heteroatoms. The van der Waals surface area contributed by atoms with Gasteiger partial charge in [0, 0.05) is 13.0 Å². The second kappa shape index (κ2) is 6.45. The average Bonchev–Trinajstić information content (AvgIpc) is 2.25. The summed E-state index contributed by atoms with van der Waals surface area (Å²) in [5.41, 5.74) is 0.119.